The van der Waals surface area contributed by atoms with Crippen LogP contribution in [0.2, 0.25) is 5.02 Å². The van der Waals surface area contributed by atoms with E-state index in [-0.39, 0.29) is 5.82 Å². The second-order valence-corrected chi connectivity index (χ2v) is 2.97. The molecule has 1 aromatic carbocycles. The molecule has 0 radical (unpaired) electrons. The number of halogens is 2. The summed E-state index contributed by atoms with van der Waals surface area (Å²) in [6.07, 6.45) is 0.729. The predicted molar refractivity (Wildman–Crippen MR) is 50.6 cm³/mol. The molecule has 2 N–H and O–H groups in total. The van der Waals surface area contributed by atoms with Crippen molar-refractivity contribution < 1.29 is 9.13 Å². The summed E-state index contributed by atoms with van der Waals surface area (Å²) >= 11 is 5.75. The van der Waals surface area contributed by atoms with Crippen LogP contribution in [0.25, 0.3) is 0 Å². The Morgan fingerprint density at radius 3 is 2.92 bits per heavy atom. The van der Waals surface area contributed by atoms with E-state index in [1.165, 1.54) is 18.2 Å². The molecule has 1 aromatic rings. The van der Waals surface area contributed by atoms with Gasteiger partial charge in [0.25, 0.3) is 0 Å². The van der Waals surface area contributed by atoms with Gasteiger partial charge in [0.1, 0.15) is 11.6 Å². The molecule has 4 heteroatoms. The molecule has 13 heavy (non-hydrogen) atoms. The first kappa shape index (κ1) is 10.3. The van der Waals surface area contributed by atoms with E-state index in [9.17, 15) is 4.39 Å². The molecule has 0 bridgehead atoms. The minimum atomic E-state index is -0.354. The highest BCUT2D eigenvalue weighted by Crippen LogP contribution is 2.24. The van der Waals surface area contributed by atoms with Crippen molar-refractivity contribution >= 4 is 11.6 Å². The molecule has 0 aromatic heterocycles. The van der Waals surface area contributed by atoms with E-state index in [1.807, 2.05) is 0 Å². The Bertz CT molecular complexity index is 280. The highest BCUT2D eigenvalue weighted by atomic mass is 35.5. The number of ether oxygens (including phenoxy) is 1. The first-order valence-corrected chi connectivity index (χ1v) is 4.40. The predicted octanol–water partition coefficient (Wildman–Crippen LogP) is 2.21. The van der Waals surface area contributed by atoms with Crippen molar-refractivity contribution in [2.24, 2.45) is 5.73 Å². The smallest absolute Gasteiger partial charge is 0.140 e. The van der Waals surface area contributed by atoms with Crippen LogP contribution in [0.1, 0.15) is 6.42 Å². The molecule has 1 rings (SSSR count). The van der Waals surface area contributed by atoms with Crippen molar-refractivity contribution in [3.8, 4) is 5.75 Å². The van der Waals surface area contributed by atoms with Gasteiger partial charge in [-0.3, -0.25) is 0 Å². The van der Waals surface area contributed by atoms with E-state index in [0.717, 1.165) is 6.42 Å². The lowest BCUT2D eigenvalue weighted by Gasteiger charge is -2.06. The molecular weight excluding hydrogens is 193 g/mol. The molecule has 72 valence electrons. The lowest BCUT2D eigenvalue weighted by Crippen LogP contribution is -2.06. The maximum absolute atomic E-state index is 12.7. The van der Waals surface area contributed by atoms with E-state index >= 15 is 0 Å². The van der Waals surface area contributed by atoms with Gasteiger partial charge in [0.2, 0.25) is 0 Å². The number of hydrogen-bond donors (Lipinski definition) is 1. The molecule has 0 aliphatic heterocycles. The Morgan fingerprint density at radius 2 is 2.23 bits per heavy atom. The van der Waals surface area contributed by atoms with Gasteiger partial charge in [0.15, 0.2) is 0 Å². The molecule has 2 nitrogen and oxygen atoms in total. The van der Waals surface area contributed by atoms with Crippen LogP contribution in [0.5, 0.6) is 5.75 Å². The first-order chi connectivity index (χ1) is 6.24. The number of nitrogens with two attached hydrogens (primary N) is 1. The van der Waals surface area contributed by atoms with Crippen molar-refractivity contribution in [1.29, 1.82) is 0 Å². The molecule has 0 saturated carbocycles. The summed E-state index contributed by atoms with van der Waals surface area (Å²) in [5.41, 5.74) is 5.27. The van der Waals surface area contributed by atoms with Crippen LogP contribution >= 0.6 is 11.6 Å². The second kappa shape index (κ2) is 5.04. The summed E-state index contributed by atoms with van der Waals surface area (Å²) in [5.74, 6) is 0.0160. The first-order valence-electron chi connectivity index (χ1n) is 4.02. The lowest BCUT2D eigenvalue weighted by molar-refractivity contribution is 0.312. The van der Waals surface area contributed by atoms with E-state index < -0.39 is 0 Å². The third-order valence-electron chi connectivity index (χ3n) is 1.50. The fraction of sp³-hybridized carbons (Fsp3) is 0.333. The van der Waals surface area contributed by atoms with Gasteiger partial charge in [-0.15, -0.1) is 0 Å². The molecule has 0 unspecified atom stereocenters. The molecule has 0 heterocycles. The normalized spacial score (nSPS) is 10.1. The minimum Gasteiger partial charge on any atom is -0.492 e. The van der Waals surface area contributed by atoms with Gasteiger partial charge in [-0.1, -0.05) is 11.6 Å². The van der Waals surface area contributed by atoms with Crippen molar-refractivity contribution in [2.45, 2.75) is 6.42 Å². The summed E-state index contributed by atoms with van der Waals surface area (Å²) in [6, 6.07) is 4.02. The quantitative estimate of drug-likeness (QED) is 0.762. The van der Waals surface area contributed by atoms with Crippen LogP contribution < -0.4 is 10.5 Å². The van der Waals surface area contributed by atoms with E-state index in [0.29, 0.717) is 23.9 Å². The zero-order valence-electron chi connectivity index (χ0n) is 7.09. The summed E-state index contributed by atoms with van der Waals surface area (Å²) in [5, 5.41) is 0.415. The molecular formula is C9H11ClFNO. The van der Waals surface area contributed by atoms with Crippen LogP contribution in [0.4, 0.5) is 4.39 Å². The molecule has 0 spiro atoms. The minimum absolute atomic E-state index is 0.354. The fourth-order valence-corrected chi connectivity index (χ4v) is 1.03. The van der Waals surface area contributed by atoms with Gasteiger partial charge in [-0.25, -0.2) is 4.39 Å². The number of rotatable bonds is 4. The van der Waals surface area contributed by atoms with E-state index in [2.05, 4.69) is 0 Å². The van der Waals surface area contributed by atoms with Crippen LogP contribution in [-0.4, -0.2) is 13.2 Å². The molecule has 0 aliphatic carbocycles. The summed E-state index contributed by atoms with van der Waals surface area (Å²) in [7, 11) is 0. The molecule has 0 fully saturated rings. The van der Waals surface area contributed by atoms with E-state index in [1.54, 1.807) is 0 Å². The third-order valence-corrected chi connectivity index (χ3v) is 1.81. The second-order valence-electron chi connectivity index (χ2n) is 2.57. The van der Waals surface area contributed by atoms with Gasteiger partial charge in [0.05, 0.1) is 11.6 Å². The van der Waals surface area contributed by atoms with Crippen LogP contribution in [0, 0.1) is 5.82 Å². The summed E-state index contributed by atoms with van der Waals surface area (Å²) in [4.78, 5) is 0. The standard InChI is InChI=1S/C9H11ClFNO/c10-8-3-2-7(11)6-9(8)13-5-1-4-12/h2-3,6H,1,4-5,12H2. The van der Waals surface area contributed by atoms with Crippen molar-refractivity contribution in [3.63, 3.8) is 0 Å². The Balaban J connectivity index is 2.59. The van der Waals surface area contributed by atoms with E-state index in [4.69, 9.17) is 22.1 Å². The highest BCUT2D eigenvalue weighted by Gasteiger charge is 2.02. The molecule has 0 aliphatic rings. The van der Waals surface area contributed by atoms with Crippen LogP contribution in [-0.2, 0) is 0 Å². The average Bonchev–Trinajstić information content (AvgIpc) is 2.11. The summed E-state index contributed by atoms with van der Waals surface area (Å²) < 4.78 is 17.9. The highest BCUT2D eigenvalue weighted by molar-refractivity contribution is 6.32. The van der Waals surface area contributed by atoms with Crippen molar-refractivity contribution in [3.05, 3.63) is 29.0 Å². The van der Waals surface area contributed by atoms with Crippen molar-refractivity contribution in [1.82, 2.24) is 0 Å². The van der Waals surface area contributed by atoms with Gasteiger partial charge in [-0.2, -0.15) is 0 Å². The zero-order chi connectivity index (χ0) is 9.68. The Labute approximate surface area is 81.4 Å². The topological polar surface area (TPSA) is 35.2 Å². The summed E-state index contributed by atoms with van der Waals surface area (Å²) in [6.45, 7) is 1.01. The largest absolute Gasteiger partial charge is 0.492 e. The Hall–Kier alpha value is -0.800. The maximum Gasteiger partial charge on any atom is 0.140 e. The zero-order valence-corrected chi connectivity index (χ0v) is 7.85. The molecule has 0 saturated heterocycles. The van der Waals surface area contributed by atoms with Gasteiger partial charge >= 0.3 is 0 Å². The fourth-order valence-electron chi connectivity index (χ4n) is 0.853. The monoisotopic (exact) mass is 203 g/mol. The Kier molecular flexibility index (Phi) is 3.99. The van der Waals surface area contributed by atoms with Crippen LogP contribution in [0.15, 0.2) is 18.2 Å². The molecule has 0 atom stereocenters. The SMILES string of the molecule is NCCCOc1cc(F)ccc1Cl. The number of benzene rings is 1. The van der Waals surface area contributed by atoms with Gasteiger partial charge < -0.3 is 10.5 Å². The Morgan fingerprint density at radius 1 is 1.46 bits per heavy atom. The lowest BCUT2D eigenvalue weighted by atomic mass is 10.3. The maximum atomic E-state index is 12.7. The number of hydrogen-bond acceptors (Lipinski definition) is 2. The van der Waals surface area contributed by atoms with Crippen molar-refractivity contribution in [2.75, 3.05) is 13.2 Å². The molecule has 0 amide bonds. The van der Waals surface area contributed by atoms with Gasteiger partial charge in [0, 0.05) is 6.07 Å². The van der Waals surface area contributed by atoms with Crippen LogP contribution in [0.3, 0.4) is 0 Å². The van der Waals surface area contributed by atoms with Gasteiger partial charge in [-0.05, 0) is 25.1 Å². The average molecular weight is 204 g/mol. The third kappa shape index (κ3) is 3.20.